The number of nitrogens with one attached hydrogen (secondary N) is 1. The van der Waals surface area contributed by atoms with Crippen LogP contribution in [0.2, 0.25) is 0 Å². The monoisotopic (exact) mass is 241 g/mol. The van der Waals surface area contributed by atoms with Crippen LogP contribution in [0.3, 0.4) is 0 Å². The Labute approximate surface area is 97.2 Å². The van der Waals surface area contributed by atoms with Crippen molar-refractivity contribution in [3.05, 3.63) is 37.1 Å². The van der Waals surface area contributed by atoms with Gasteiger partial charge in [0.15, 0.2) is 0 Å². The highest BCUT2D eigenvalue weighted by molar-refractivity contribution is 5.20. The summed E-state index contributed by atoms with van der Waals surface area (Å²) in [6, 6.07) is 0. The Morgan fingerprint density at radius 1 is 1.47 bits per heavy atom. The minimum Gasteiger partial charge on any atom is -0.294 e. The van der Waals surface area contributed by atoms with Gasteiger partial charge >= 0.3 is 16.9 Å². The van der Waals surface area contributed by atoms with Gasteiger partial charge in [-0.2, -0.15) is 0 Å². The van der Waals surface area contributed by atoms with Crippen molar-refractivity contribution in [3.8, 4) is 0 Å². The molecule has 17 heavy (non-hydrogen) atoms. The van der Waals surface area contributed by atoms with Gasteiger partial charge in [-0.15, -0.1) is 0 Å². The van der Waals surface area contributed by atoms with Gasteiger partial charge in [-0.3, -0.25) is 24.5 Å². The second kappa shape index (κ2) is 5.42. The standard InChI is InChI=1S/C10H15N3O4/c1-7(2)4-3-5-12-6-8(13(16)17)9(14)11-10(12)15/h6-7H,3-5H2,1-2H3,(H,11,14,15). The zero-order valence-corrected chi connectivity index (χ0v) is 9.80. The maximum Gasteiger partial charge on any atom is 0.350 e. The molecular formula is C10H15N3O4. The van der Waals surface area contributed by atoms with E-state index in [0.717, 1.165) is 19.0 Å². The molecule has 0 radical (unpaired) electrons. The SMILES string of the molecule is CC(C)CCCn1cc([N+](=O)[O-])c(=O)[nH]c1=O. The van der Waals surface area contributed by atoms with E-state index in [0.29, 0.717) is 12.5 Å². The molecule has 0 aliphatic carbocycles. The van der Waals surface area contributed by atoms with Crippen LogP contribution in [0.4, 0.5) is 5.69 Å². The van der Waals surface area contributed by atoms with E-state index in [9.17, 15) is 19.7 Å². The summed E-state index contributed by atoms with van der Waals surface area (Å²) in [5.74, 6) is 0.503. The van der Waals surface area contributed by atoms with Crippen molar-refractivity contribution in [2.45, 2.75) is 33.2 Å². The fourth-order valence-electron chi connectivity index (χ4n) is 1.46. The first-order valence-corrected chi connectivity index (χ1v) is 5.40. The number of aryl methyl sites for hydroxylation is 1. The van der Waals surface area contributed by atoms with Crippen molar-refractivity contribution in [3.63, 3.8) is 0 Å². The first-order chi connectivity index (χ1) is 7.91. The van der Waals surface area contributed by atoms with Gasteiger partial charge in [0.05, 0.1) is 11.1 Å². The van der Waals surface area contributed by atoms with E-state index in [1.54, 1.807) is 0 Å². The minimum atomic E-state index is -0.958. The zero-order chi connectivity index (χ0) is 13.0. The molecule has 0 aliphatic heterocycles. The third kappa shape index (κ3) is 3.54. The van der Waals surface area contributed by atoms with Gasteiger partial charge in [0.25, 0.3) is 0 Å². The molecule has 0 amide bonds. The van der Waals surface area contributed by atoms with Crippen LogP contribution in [-0.4, -0.2) is 14.5 Å². The molecule has 94 valence electrons. The smallest absolute Gasteiger partial charge is 0.294 e. The molecule has 0 unspecified atom stereocenters. The van der Waals surface area contributed by atoms with E-state index in [4.69, 9.17) is 0 Å². The van der Waals surface area contributed by atoms with Gasteiger partial charge in [-0.25, -0.2) is 4.79 Å². The van der Waals surface area contributed by atoms with Crippen molar-refractivity contribution < 1.29 is 4.92 Å². The second-order valence-electron chi connectivity index (χ2n) is 4.26. The molecule has 0 aromatic carbocycles. The Hall–Kier alpha value is -1.92. The van der Waals surface area contributed by atoms with Crippen LogP contribution >= 0.6 is 0 Å². The van der Waals surface area contributed by atoms with Crippen molar-refractivity contribution in [1.82, 2.24) is 9.55 Å². The van der Waals surface area contributed by atoms with Crippen LogP contribution in [0.15, 0.2) is 15.8 Å². The molecule has 1 heterocycles. The summed E-state index contributed by atoms with van der Waals surface area (Å²) in [5.41, 5.74) is -2.17. The molecule has 0 fully saturated rings. The molecule has 0 aliphatic rings. The Kier molecular flexibility index (Phi) is 4.19. The molecule has 1 aromatic heterocycles. The van der Waals surface area contributed by atoms with E-state index < -0.39 is 21.9 Å². The van der Waals surface area contributed by atoms with E-state index in [-0.39, 0.29) is 0 Å². The lowest BCUT2D eigenvalue weighted by molar-refractivity contribution is -0.386. The number of aromatic nitrogens is 2. The topological polar surface area (TPSA) is 98.0 Å². The molecule has 0 saturated heterocycles. The minimum absolute atomic E-state index is 0.370. The molecule has 7 nitrogen and oxygen atoms in total. The molecule has 0 bridgehead atoms. The summed E-state index contributed by atoms with van der Waals surface area (Å²) in [6.45, 7) is 4.48. The van der Waals surface area contributed by atoms with Gasteiger partial charge in [0.1, 0.15) is 0 Å². The first-order valence-electron chi connectivity index (χ1n) is 5.40. The highest BCUT2D eigenvalue weighted by atomic mass is 16.6. The van der Waals surface area contributed by atoms with Gasteiger partial charge in [0.2, 0.25) is 0 Å². The number of hydrogen-bond acceptors (Lipinski definition) is 4. The Balaban J connectivity index is 2.93. The summed E-state index contributed by atoms with van der Waals surface area (Å²) >= 11 is 0. The van der Waals surface area contributed by atoms with Crippen LogP contribution in [0.1, 0.15) is 26.7 Å². The highest BCUT2D eigenvalue weighted by Crippen LogP contribution is 2.05. The number of nitro groups is 1. The molecule has 0 saturated carbocycles. The molecule has 1 rings (SSSR count). The number of nitrogens with zero attached hydrogens (tertiary/aromatic N) is 2. The fourth-order valence-corrected chi connectivity index (χ4v) is 1.46. The quantitative estimate of drug-likeness (QED) is 0.611. The normalized spacial score (nSPS) is 10.8. The maximum absolute atomic E-state index is 11.4. The predicted molar refractivity (Wildman–Crippen MR) is 62.0 cm³/mol. The fraction of sp³-hybridized carbons (Fsp3) is 0.600. The predicted octanol–water partition coefficient (Wildman–Crippen LogP) is 0.881. The zero-order valence-electron chi connectivity index (χ0n) is 9.80. The van der Waals surface area contributed by atoms with Crippen LogP contribution in [0.25, 0.3) is 0 Å². The third-order valence-electron chi connectivity index (χ3n) is 2.37. The number of hydrogen-bond donors (Lipinski definition) is 1. The van der Waals surface area contributed by atoms with Crippen molar-refractivity contribution in [2.75, 3.05) is 0 Å². The highest BCUT2D eigenvalue weighted by Gasteiger charge is 2.14. The van der Waals surface area contributed by atoms with Gasteiger partial charge in [0, 0.05) is 6.54 Å². The summed E-state index contributed by atoms with van der Waals surface area (Å²) in [6.07, 6.45) is 2.65. The molecule has 1 N–H and O–H groups in total. The van der Waals surface area contributed by atoms with Crippen molar-refractivity contribution in [1.29, 1.82) is 0 Å². The lowest BCUT2D eigenvalue weighted by atomic mass is 10.1. The van der Waals surface area contributed by atoms with Gasteiger partial charge < -0.3 is 0 Å². The average molecular weight is 241 g/mol. The largest absolute Gasteiger partial charge is 0.350 e. The Morgan fingerprint density at radius 3 is 2.65 bits per heavy atom. The van der Waals surface area contributed by atoms with Crippen LogP contribution < -0.4 is 11.2 Å². The number of H-pyrrole nitrogens is 1. The maximum atomic E-state index is 11.4. The lowest BCUT2D eigenvalue weighted by Crippen LogP contribution is -2.30. The van der Waals surface area contributed by atoms with E-state index in [1.165, 1.54) is 4.57 Å². The lowest BCUT2D eigenvalue weighted by Gasteiger charge is -2.06. The van der Waals surface area contributed by atoms with Crippen molar-refractivity contribution in [2.24, 2.45) is 5.92 Å². The number of rotatable bonds is 5. The van der Waals surface area contributed by atoms with E-state index >= 15 is 0 Å². The molecule has 1 aromatic rings. The first kappa shape index (κ1) is 13.1. The molecule has 7 heteroatoms. The summed E-state index contributed by atoms with van der Waals surface area (Å²) in [5, 5.41) is 10.5. The average Bonchev–Trinajstić information content (AvgIpc) is 2.20. The van der Waals surface area contributed by atoms with Crippen LogP contribution in [-0.2, 0) is 6.54 Å². The van der Waals surface area contributed by atoms with Gasteiger partial charge in [-0.05, 0) is 18.8 Å². The van der Waals surface area contributed by atoms with Gasteiger partial charge in [-0.1, -0.05) is 13.8 Å². The van der Waals surface area contributed by atoms with Crippen LogP contribution in [0.5, 0.6) is 0 Å². The number of aromatic amines is 1. The van der Waals surface area contributed by atoms with E-state index in [2.05, 4.69) is 13.8 Å². The Morgan fingerprint density at radius 2 is 2.12 bits per heavy atom. The summed E-state index contributed by atoms with van der Waals surface area (Å²) in [7, 11) is 0. The van der Waals surface area contributed by atoms with E-state index in [1.807, 2.05) is 4.98 Å². The summed E-state index contributed by atoms with van der Waals surface area (Å²) in [4.78, 5) is 34.2. The summed E-state index contributed by atoms with van der Waals surface area (Å²) < 4.78 is 1.17. The van der Waals surface area contributed by atoms with Crippen molar-refractivity contribution >= 4 is 5.69 Å². The Bertz CT molecular complexity index is 515. The third-order valence-corrected chi connectivity index (χ3v) is 2.37. The van der Waals surface area contributed by atoms with Crippen LogP contribution in [0, 0.1) is 16.0 Å². The molecule has 0 spiro atoms. The second-order valence-corrected chi connectivity index (χ2v) is 4.26. The molecule has 0 atom stereocenters. The molecular weight excluding hydrogens is 226 g/mol.